The molecule has 0 amide bonds. The molecule has 0 radical (unpaired) electrons. The maximum absolute atomic E-state index is 13.3. The van der Waals surface area contributed by atoms with Gasteiger partial charge in [0.15, 0.2) is 5.78 Å². The molecule has 0 saturated carbocycles. The summed E-state index contributed by atoms with van der Waals surface area (Å²) >= 11 is 6.39. The molecule has 2 aromatic rings. The predicted octanol–water partition coefficient (Wildman–Crippen LogP) is 4.64. The summed E-state index contributed by atoms with van der Waals surface area (Å²) in [6.45, 7) is 10.1. The topological polar surface area (TPSA) is 78.3 Å². The Balaban J connectivity index is 2.65. The molecule has 28 heavy (non-hydrogen) atoms. The average Bonchev–Trinajstić information content (AvgIpc) is 2.95. The van der Waals surface area contributed by atoms with Gasteiger partial charge in [-0.1, -0.05) is 24.1 Å². The lowest BCUT2D eigenvalue weighted by Gasteiger charge is -2.15. The van der Waals surface area contributed by atoms with E-state index >= 15 is 0 Å². The number of aryl methyl sites for hydroxylation is 1. The zero-order chi connectivity index (χ0) is 21.2. The summed E-state index contributed by atoms with van der Waals surface area (Å²) < 4.78 is 29.9. The molecule has 0 saturated heterocycles. The molecular weight excluding hydrogens is 400 g/mol. The van der Waals surface area contributed by atoms with Gasteiger partial charge in [0, 0.05) is 17.1 Å². The summed E-state index contributed by atoms with van der Waals surface area (Å²) in [4.78, 5) is 13.3. The minimum Gasteiger partial charge on any atom is -0.361 e. The lowest BCUT2D eigenvalue weighted by Crippen LogP contribution is -2.14. The zero-order valence-electron chi connectivity index (χ0n) is 17.0. The van der Waals surface area contributed by atoms with Crippen molar-refractivity contribution in [2.24, 2.45) is 0 Å². The highest BCUT2D eigenvalue weighted by atomic mass is 35.5. The van der Waals surface area contributed by atoms with Crippen LogP contribution in [0.4, 0.5) is 0 Å². The van der Waals surface area contributed by atoms with E-state index in [-0.39, 0.29) is 17.2 Å². The van der Waals surface area contributed by atoms with Gasteiger partial charge in [-0.3, -0.25) is 4.79 Å². The van der Waals surface area contributed by atoms with Crippen molar-refractivity contribution in [1.29, 1.82) is 0 Å². The van der Waals surface area contributed by atoms with E-state index in [1.165, 1.54) is 10.9 Å². The molecule has 1 heterocycles. The van der Waals surface area contributed by atoms with Crippen LogP contribution in [0.1, 0.15) is 61.2 Å². The van der Waals surface area contributed by atoms with Crippen LogP contribution in [0.3, 0.4) is 0 Å². The fraction of sp³-hybridized carbons (Fsp3) is 0.400. The predicted molar refractivity (Wildman–Crippen MR) is 112 cm³/mol. The number of benzene rings is 1. The van der Waals surface area contributed by atoms with E-state index in [1.54, 1.807) is 12.1 Å². The van der Waals surface area contributed by atoms with Gasteiger partial charge in [-0.15, -0.1) is 0 Å². The summed E-state index contributed by atoms with van der Waals surface area (Å²) in [5.74, 6) is -0.429. The molecule has 6 nitrogen and oxygen atoms in total. The largest absolute Gasteiger partial charge is 0.361 e. The molecule has 0 spiro atoms. The number of nitrogens with zero attached hydrogens (tertiary/aromatic N) is 2. The Bertz CT molecular complexity index is 1050. The van der Waals surface area contributed by atoms with Gasteiger partial charge in [0.1, 0.15) is 5.56 Å². The van der Waals surface area contributed by atoms with Crippen molar-refractivity contribution in [3.8, 4) is 5.88 Å². The van der Waals surface area contributed by atoms with Crippen molar-refractivity contribution in [1.82, 2.24) is 9.78 Å². The first kappa shape index (κ1) is 22.2. The van der Waals surface area contributed by atoms with E-state index in [9.17, 15) is 13.2 Å². The van der Waals surface area contributed by atoms with Gasteiger partial charge in [0.2, 0.25) is 5.88 Å². The number of hydrogen-bond donors (Lipinski definition) is 0. The van der Waals surface area contributed by atoms with Gasteiger partial charge in [-0.25, -0.2) is 4.68 Å². The van der Waals surface area contributed by atoms with Gasteiger partial charge in [-0.2, -0.15) is 13.5 Å². The lowest BCUT2D eigenvalue weighted by atomic mass is 9.92. The average molecular weight is 425 g/mol. The molecule has 8 heteroatoms. The van der Waals surface area contributed by atoms with Crippen LogP contribution in [-0.2, 0) is 16.7 Å². The molecule has 152 valence electrons. The van der Waals surface area contributed by atoms with E-state index in [1.807, 2.05) is 34.6 Å². The number of carbonyl (C=O) groups excluding carboxylic acids is 1. The molecule has 1 aromatic heterocycles. The molecule has 0 fully saturated rings. The van der Waals surface area contributed by atoms with Crippen molar-refractivity contribution in [3.63, 3.8) is 0 Å². The molecule has 0 aliphatic carbocycles. The van der Waals surface area contributed by atoms with Gasteiger partial charge < -0.3 is 4.18 Å². The van der Waals surface area contributed by atoms with Crippen molar-refractivity contribution in [3.05, 3.63) is 51.2 Å². The second-order valence-corrected chi connectivity index (χ2v) is 8.91. The van der Waals surface area contributed by atoms with Gasteiger partial charge in [-0.05, 0) is 62.9 Å². The first-order valence-corrected chi connectivity index (χ1v) is 11.1. The smallest absolute Gasteiger partial charge is 0.307 e. The van der Waals surface area contributed by atoms with Crippen LogP contribution in [0.5, 0.6) is 5.88 Å². The monoisotopic (exact) mass is 424 g/mol. The minimum atomic E-state index is -3.82. The van der Waals surface area contributed by atoms with Crippen molar-refractivity contribution in [2.75, 3.05) is 6.26 Å². The van der Waals surface area contributed by atoms with Crippen LogP contribution >= 0.6 is 11.6 Å². The second-order valence-electron chi connectivity index (χ2n) is 6.92. The van der Waals surface area contributed by atoms with Crippen LogP contribution in [-0.4, -0.2) is 30.2 Å². The molecular formula is C20H25ClN2O4S. The fourth-order valence-corrected chi connectivity index (χ4v) is 3.72. The van der Waals surface area contributed by atoms with Crippen LogP contribution in [0.15, 0.2) is 23.9 Å². The Kier molecular flexibility index (Phi) is 6.72. The Hall–Kier alpha value is -2.12. The number of rotatable bonds is 7. The first-order chi connectivity index (χ1) is 13.0. The van der Waals surface area contributed by atoms with Gasteiger partial charge in [0.05, 0.1) is 12.5 Å². The first-order valence-electron chi connectivity index (χ1n) is 8.91. The standard InChI is InChI=1S/C20H25ClN2O4S/c1-7-10-23-20(27-28(6,25)26)16(11-22-23)19(24)15-8-9-17(21)18(14(15)5)13(4)12(2)3/h8-9,11H,7,10H2,1-6H3. The molecule has 0 bridgehead atoms. The Labute approximate surface area is 171 Å². The highest BCUT2D eigenvalue weighted by molar-refractivity contribution is 7.86. The van der Waals surface area contributed by atoms with Crippen LogP contribution in [0, 0.1) is 6.92 Å². The number of aromatic nitrogens is 2. The third kappa shape index (κ3) is 4.64. The molecule has 0 aliphatic heterocycles. The number of allylic oxidation sites excluding steroid dienone is 2. The second kappa shape index (κ2) is 8.49. The quantitative estimate of drug-likeness (QED) is 0.478. The molecule has 2 rings (SSSR count). The molecule has 0 atom stereocenters. The Morgan fingerprint density at radius 2 is 1.86 bits per heavy atom. The highest BCUT2D eigenvalue weighted by Gasteiger charge is 2.25. The third-order valence-corrected chi connectivity index (χ3v) is 5.26. The van der Waals surface area contributed by atoms with Crippen molar-refractivity contribution >= 4 is 33.1 Å². The maximum atomic E-state index is 13.3. The Morgan fingerprint density at radius 1 is 1.21 bits per heavy atom. The van der Waals surface area contributed by atoms with Crippen molar-refractivity contribution in [2.45, 2.75) is 47.6 Å². The molecule has 1 aromatic carbocycles. The number of ketones is 1. The third-order valence-electron chi connectivity index (χ3n) is 4.49. The maximum Gasteiger partial charge on any atom is 0.307 e. The van der Waals surface area contributed by atoms with E-state index in [4.69, 9.17) is 15.8 Å². The van der Waals surface area contributed by atoms with E-state index in [2.05, 4.69) is 5.10 Å². The fourth-order valence-electron chi connectivity index (χ4n) is 2.91. The lowest BCUT2D eigenvalue weighted by molar-refractivity contribution is 0.103. The molecule has 0 aliphatic rings. The van der Waals surface area contributed by atoms with Gasteiger partial charge >= 0.3 is 10.1 Å². The van der Waals surface area contributed by atoms with Gasteiger partial charge in [0.25, 0.3) is 0 Å². The molecule has 0 unspecified atom stereocenters. The number of carbonyl (C=O) groups is 1. The van der Waals surface area contributed by atoms with Crippen LogP contribution < -0.4 is 4.18 Å². The Morgan fingerprint density at radius 3 is 2.39 bits per heavy atom. The summed E-state index contributed by atoms with van der Waals surface area (Å²) in [6.07, 6.45) is 2.99. The van der Waals surface area contributed by atoms with E-state index in [0.29, 0.717) is 23.6 Å². The minimum absolute atomic E-state index is 0.0656. The normalized spacial score (nSPS) is 11.4. The zero-order valence-corrected chi connectivity index (χ0v) is 18.5. The highest BCUT2D eigenvalue weighted by Crippen LogP contribution is 2.33. The number of hydrogen-bond acceptors (Lipinski definition) is 5. The van der Waals surface area contributed by atoms with E-state index in [0.717, 1.165) is 28.5 Å². The van der Waals surface area contributed by atoms with Crippen LogP contribution in [0.25, 0.3) is 5.57 Å². The number of halogens is 1. The summed E-state index contributed by atoms with van der Waals surface area (Å²) in [5.41, 5.74) is 4.14. The van der Waals surface area contributed by atoms with Crippen LogP contribution in [0.2, 0.25) is 5.02 Å². The summed E-state index contributed by atoms with van der Waals surface area (Å²) in [6, 6.07) is 3.32. The summed E-state index contributed by atoms with van der Waals surface area (Å²) in [7, 11) is -3.82. The van der Waals surface area contributed by atoms with Crippen molar-refractivity contribution < 1.29 is 17.4 Å². The molecule has 0 N–H and O–H groups in total. The summed E-state index contributed by atoms with van der Waals surface area (Å²) in [5, 5.41) is 4.70. The SMILES string of the molecule is CCCn1ncc(C(=O)c2ccc(Cl)c(C(C)=C(C)C)c2C)c1OS(C)(=O)=O. The van der Waals surface area contributed by atoms with E-state index < -0.39 is 10.1 Å².